The molecule has 0 amide bonds. The summed E-state index contributed by atoms with van der Waals surface area (Å²) in [5.41, 5.74) is 2.39. The monoisotopic (exact) mass is 248 g/mol. The van der Waals surface area contributed by atoms with Gasteiger partial charge in [0.1, 0.15) is 0 Å². The lowest BCUT2D eigenvalue weighted by atomic mass is 9.75. The van der Waals surface area contributed by atoms with Gasteiger partial charge in [0.15, 0.2) is 5.79 Å². The van der Waals surface area contributed by atoms with Crippen molar-refractivity contribution in [1.82, 2.24) is 0 Å². The van der Waals surface area contributed by atoms with Crippen molar-refractivity contribution in [2.24, 2.45) is 5.41 Å². The largest absolute Gasteiger partial charge is 0.343 e. The summed E-state index contributed by atoms with van der Waals surface area (Å²) in [6.07, 6.45) is 2.22. The molecule has 1 aromatic carbocycles. The first-order valence-electron chi connectivity index (χ1n) is 6.87. The predicted molar refractivity (Wildman–Crippen MR) is 73.5 cm³/mol. The summed E-state index contributed by atoms with van der Waals surface area (Å²) in [5.74, 6) is -0.573. The first-order chi connectivity index (χ1) is 8.52. The van der Waals surface area contributed by atoms with E-state index >= 15 is 0 Å². The standard InChI is InChI=1S/C16H24O2/c1-5-10-15(3,4)16(17-11-12-18-16)14-8-6-13(2)7-9-14/h6-9H,5,10-12H2,1-4H3. The fraction of sp³-hybridized carbons (Fsp3) is 0.625. The Labute approximate surface area is 110 Å². The van der Waals surface area contributed by atoms with Crippen LogP contribution in [0.2, 0.25) is 0 Å². The number of hydrogen-bond acceptors (Lipinski definition) is 2. The van der Waals surface area contributed by atoms with Crippen LogP contribution in [-0.4, -0.2) is 13.2 Å². The van der Waals surface area contributed by atoms with E-state index in [2.05, 4.69) is 52.0 Å². The van der Waals surface area contributed by atoms with Gasteiger partial charge in [0.2, 0.25) is 0 Å². The molecule has 1 heterocycles. The highest BCUT2D eigenvalue weighted by Crippen LogP contribution is 2.49. The van der Waals surface area contributed by atoms with Crippen LogP contribution in [-0.2, 0) is 15.3 Å². The molecule has 0 aliphatic carbocycles. The third kappa shape index (κ3) is 2.19. The lowest BCUT2D eigenvalue weighted by molar-refractivity contribution is -0.240. The fourth-order valence-electron chi connectivity index (χ4n) is 2.92. The molecule has 1 aliphatic heterocycles. The third-order valence-corrected chi connectivity index (χ3v) is 3.89. The number of aryl methyl sites for hydroxylation is 1. The molecule has 0 atom stereocenters. The average Bonchev–Trinajstić information content (AvgIpc) is 2.80. The highest BCUT2D eigenvalue weighted by molar-refractivity contribution is 5.27. The fourth-order valence-corrected chi connectivity index (χ4v) is 2.92. The van der Waals surface area contributed by atoms with Crippen LogP contribution in [0.1, 0.15) is 44.7 Å². The Morgan fingerprint density at radius 2 is 1.67 bits per heavy atom. The summed E-state index contributed by atoms with van der Waals surface area (Å²) in [5, 5.41) is 0. The minimum atomic E-state index is -0.573. The number of rotatable bonds is 4. The van der Waals surface area contributed by atoms with E-state index in [1.54, 1.807) is 0 Å². The van der Waals surface area contributed by atoms with E-state index in [9.17, 15) is 0 Å². The van der Waals surface area contributed by atoms with E-state index in [1.165, 1.54) is 5.56 Å². The summed E-state index contributed by atoms with van der Waals surface area (Å²) < 4.78 is 12.1. The molecule has 2 rings (SSSR count). The second-order valence-corrected chi connectivity index (χ2v) is 5.81. The van der Waals surface area contributed by atoms with Crippen LogP contribution in [0, 0.1) is 12.3 Å². The molecular weight excluding hydrogens is 224 g/mol. The van der Waals surface area contributed by atoms with Crippen molar-refractivity contribution >= 4 is 0 Å². The maximum absolute atomic E-state index is 6.06. The van der Waals surface area contributed by atoms with E-state index < -0.39 is 5.79 Å². The maximum atomic E-state index is 6.06. The Morgan fingerprint density at radius 3 is 2.17 bits per heavy atom. The molecule has 0 bridgehead atoms. The van der Waals surface area contributed by atoms with E-state index in [-0.39, 0.29) is 5.41 Å². The van der Waals surface area contributed by atoms with E-state index in [0.29, 0.717) is 13.2 Å². The van der Waals surface area contributed by atoms with E-state index in [4.69, 9.17) is 9.47 Å². The van der Waals surface area contributed by atoms with Gasteiger partial charge in [-0.1, -0.05) is 57.0 Å². The molecule has 0 aromatic heterocycles. The zero-order chi connectivity index (χ0) is 13.2. The predicted octanol–water partition coefficient (Wildman–Crippen LogP) is 4.02. The van der Waals surface area contributed by atoms with Gasteiger partial charge in [-0.25, -0.2) is 0 Å². The topological polar surface area (TPSA) is 18.5 Å². The van der Waals surface area contributed by atoms with Crippen molar-refractivity contribution in [2.45, 2.75) is 46.3 Å². The second kappa shape index (κ2) is 5.02. The molecule has 100 valence electrons. The molecule has 0 spiro atoms. The summed E-state index contributed by atoms with van der Waals surface area (Å²) in [7, 11) is 0. The van der Waals surface area contributed by atoms with Crippen molar-refractivity contribution < 1.29 is 9.47 Å². The molecule has 0 saturated carbocycles. The van der Waals surface area contributed by atoms with Crippen LogP contribution < -0.4 is 0 Å². The first kappa shape index (κ1) is 13.6. The molecule has 0 radical (unpaired) electrons. The van der Waals surface area contributed by atoms with Crippen molar-refractivity contribution in [3.05, 3.63) is 35.4 Å². The minimum absolute atomic E-state index is 0.0203. The van der Waals surface area contributed by atoms with Crippen molar-refractivity contribution in [2.75, 3.05) is 13.2 Å². The highest BCUT2D eigenvalue weighted by atomic mass is 16.7. The second-order valence-electron chi connectivity index (χ2n) is 5.81. The number of ether oxygens (including phenoxy) is 2. The van der Waals surface area contributed by atoms with Crippen LogP contribution in [0.4, 0.5) is 0 Å². The highest BCUT2D eigenvalue weighted by Gasteiger charge is 2.50. The Kier molecular flexibility index (Phi) is 3.79. The van der Waals surface area contributed by atoms with Gasteiger partial charge in [-0.2, -0.15) is 0 Å². The van der Waals surface area contributed by atoms with Gasteiger partial charge in [0, 0.05) is 11.0 Å². The van der Waals surface area contributed by atoms with Gasteiger partial charge in [-0.15, -0.1) is 0 Å². The van der Waals surface area contributed by atoms with Gasteiger partial charge in [-0.05, 0) is 13.3 Å². The van der Waals surface area contributed by atoms with Crippen LogP contribution >= 0.6 is 0 Å². The molecular formula is C16H24O2. The van der Waals surface area contributed by atoms with Crippen LogP contribution in [0.3, 0.4) is 0 Å². The number of hydrogen-bond donors (Lipinski definition) is 0. The van der Waals surface area contributed by atoms with Gasteiger partial charge in [0.25, 0.3) is 0 Å². The molecule has 1 aromatic rings. The molecule has 0 N–H and O–H groups in total. The summed E-state index contributed by atoms with van der Waals surface area (Å²) in [4.78, 5) is 0. The Balaban J connectivity index is 2.41. The molecule has 1 aliphatic rings. The van der Waals surface area contributed by atoms with Gasteiger partial charge < -0.3 is 9.47 Å². The van der Waals surface area contributed by atoms with E-state index in [0.717, 1.165) is 18.4 Å². The minimum Gasteiger partial charge on any atom is -0.343 e. The molecule has 18 heavy (non-hydrogen) atoms. The summed E-state index contributed by atoms with van der Waals surface area (Å²) in [6, 6.07) is 8.53. The van der Waals surface area contributed by atoms with Crippen LogP contribution in [0.25, 0.3) is 0 Å². The third-order valence-electron chi connectivity index (χ3n) is 3.89. The normalized spacial score (nSPS) is 19.1. The first-order valence-corrected chi connectivity index (χ1v) is 6.87. The van der Waals surface area contributed by atoms with Crippen molar-refractivity contribution in [3.63, 3.8) is 0 Å². The van der Waals surface area contributed by atoms with E-state index in [1.807, 2.05) is 0 Å². The lowest BCUT2D eigenvalue weighted by Gasteiger charge is -2.42. The molecule has 2 heteroatoms. The van der Waals surface area contributed by atoms with Crippen LogP contribution in [0.5, 0.6) is 0 Å². The molecule has 1 saturated heterocycles. The summed E-state index contributed by atoms with van der Waals surface area (Å²) in [6.45, 7) is 10.1. The molecule has 1 fully saturated rings. The summed E-state index contributed by atoms with van der Waals surface area (Å²) >= 11 is 0. The Hall–Kier alpha value is -0.860. The average molecular weight is 248 g/mol. The Bertz CT molecular complexity index is 386. The zero-order valence-corrected chi connectivity index (χ0v) is 12.0. The van der Waals surface area contributed by atoms with Gasteiger partial charge in [-0.3, -0.25) is 0 Å². The zero-order valence-electron chi connectivity index (χ0n) is 12.0. The SMILES string of the molecule is CCCC(C)(C)C1(c2ccc(C)cc2)OCCO1. The van der Waals surface area contributed by atoms with Gasteiger partial charge >= 0.3 is 0 Å². The molecule has 0 unspecified atom stereocenters. The maximum Gasteiger partial charge on any atom is 0.200 e. The van der Waals surface area contributed by atoms with Crippen molar-refractivity contribution in [1.29, 1.82) is 0 Å². The number of benzene rings is 1. The lowest BCUT2D eigenvalue weighted by Crippen LogP contribution is -2.43. The van der Waals surface area contributed by atoms with Gasteiger partial charge in [0.05, 0.1) is 13.2 Å². The smallest absolute Gasteiger partial charge is 0.200 e. The quantitative estimate of drug-likeness (QED) is 0.801. The van der Waals surface area contributed by atoms with Crippen LogP contribution in [0.15, 0.2) is 24.3 Å². The Morgan fingerprint density at radius 1 is 1.11 bits per heavy atom. The molecule has 2 nitrogen and oxygen atoms in total. The van der Waals surface area contributed by atoms with Crippen molar-refractivity contribution in [3.8, 4) is 0 Å².